The Morgan fingerprint density at radius 1 is 1.03 bits per heavy atom. The van der Waals surface area contributed by atoms with Crippen LogP contribution in [-0.4, -0.2) is 25.4 Å². The van der Waals surface area contributed by atoms with E-state index in [4.69, 9.17) is 0 Å². The SMILES string of the molecule is CC(C)c1cccc(C(C)C)c1NC(=O)NS(=O)(=O)c1ccc2c(c1)/C(=N/O)CCC2. The van der Waals surface area contributed by atoms with Gasteiger partial charge in [-0.1, -0.05) is 57.1 Å². The molecule has 0 radical (unpaired) electrons. The largest absolute Gasteiger partial charge is 0.411 e. The van der Waals surface area contributed by atoms with Crippen LogP contribution in [0.1, 0.15) is 74.6 Å². The Labute approximate surface area is 183 Å². The van der Waals surface area contributed by atoms with Crippen molar-refractivity contribution in [2.75, 3.05) is 5.32 Å². The summed E-state index contributed by atoms with van der Waals surface area (Å²) in [6.45, 7) is 8.08. The first kappa shape index (κ1) is 22.8. The minimum absolute atomic E-state index is 0.0503. The number of nitrogens with zero attached hydrogens (tertiary/aromatic N) is 1. The Hall–Kier alpha value is -2.87. The predicted molar refractivity (Wildman–Crippen MR) is 122 cm³/mol. The lowest BCUT2D eigenvalue weighted by Crippen LogP contribution is -2.35. The number of carbonyl (C=O) groups is 1. The Morgan fingerprint density at radius 2 is 1.68 bits per heavy atom. The van der Waals surface area contributed by atoms with Gasteiger partial charge in [-0.05, 0) is 59.9 Å². The topological polar surface area (TPSA) is 108 Å². The van der Waals surface area contributed by atoms with Crippen molar-refractivity contribution in [2.45, 2.75) is 63.7 Å². The zero-order valence-corrected chi connectivity index (χ0v) is 19.1. The van der Waals surface area contributed by atoms with E-state index >= 15 is 0 Å². The van der Waals surface area contributed by atoms with Crippen molar-refractivity contribution in [3.63, 3.8) is 0 Å². The van der Waals surface area contributed by atoms with Crippen LogP contribution in [0.5, 0.6) is 0 Å². The molecule has 3 N–H and O–H groups in total. The van der Waals surface area contributed by atoms with Crippen LogP contribution in [0, 0.1) is 0 Å². The van der Waals surface area contributed by atoms with Crippen LogP contribution in [0.3, 0.4) is 0 Å². The number of rotatable bonds is 5. The third-order valence-corrected chi connectivity index (χ3v) is 6.85. The molecule has 0 fully saturated rings. The number of para-hydroxylation sites is 1. The van der Waals surface area contributed by atoms with Crippen molar-refractivity contribution < 1.29 is 18.4 Å². The summed E-state index contributed by atoms with van der Waals surface area (Å²) in [4.78, 5) is 12.6. The van der Waals surface area contributed by atoms with Gasteiger partial charge >= 0.3 is 6.03 Å². The molecular formula is C23H29N3O4S. The molecule has 0 atom stereocenters. The molecule has 2 aromatic rings. The number of anilines is 1. The van der Waals surface area contributed by atoms with Crippen LogP contribution in [0.4, 0.5) is 10.5 Å². The summed E-state index contributed by atoms with van der Waals surface area (Å²) in [5, 5.41) is 15.3. The lowest BCUT2D eigenvalue weighted by molar-refractivity contribution is 0.256. The highest BCUT2D eigenvalue weighted by Crippen LogP contribution is 2.32. The molecule has 0 aromatic heterocycles. The third-order valence-electron chi connectivity index (χ3n) is 5.52. The maximum Gasteiger partial charge on any atom is 0.333 e. The summed E-state index contributed by atoms with van der Waals surface area (Å²) in [7, 11) is -4.11. The molecule has 0 bridgehead atoms. The standard InChI is InChI=1S/C23H29N3O4S/c1-14(2)18-8-6-9-19(15(3)4)22(18)24-23(27)26-31(29,30)17-12-11-16-7-5-10-21(25-28)20(16)13-17/h6,8-9,11-15,28H,5,7,10H2,1-4H3,(H2,24,26,27)/b25-21+. The van der Waals surface area contributed by atoms with Crippen LogP contribution < -0.4 is 10.0 Å². The number of benzene rings is 2. The van der Waals surface area contributed by atoms with Crippen LogP contribution in [0.25, 0.3) is 0 Å². The van der Waals surface area contributed by atoms with Gasteiger partial charge in [-0.2, -0.15) is 0 Å². The molecule has 2 amide bonds. The summed E-state index contributed by atoms with van der Waals surface area (Å²) in [5.41, 5.74) is 4.50. The van der Waals surface area contributed by atoms with Crippen LogP contribution in [0.2, 0.25) is 0 Å². The van der Waals surface area contributed by atoms with Gasteiger partial charge in [-0.3, -0.25) is 0 Å². The summed E-state index contributed by atoms with van der Waals surface area (Å²) in [6.07, 6.45) is 2.20. The fraction of sp³-hybridized carbons (Fsp3) is 0.391. The number of aryl methyl sites for hydroxylation is 1. The lowest BCUT2D eigenvalue weighted by Gasteiger charge is -2.21. The van der Waals surface area contributed by atoms with Crippen molar-refractivity contribution in [3.8, 4) is 0 Å². The molecule has 166 valence electrons. The fourth-order valence-corrected chi connectivity index (χ4v) is 4.84. The van der Waals surface area contributed by atoms with E-state index in [1.807, 2.05) is 45.9 Å². The zero-order chi connectivity index (χ0) is 22.8. The predicted octanol–water partition coefficient (Wildman–Crippen LogP) is 4.96. The second-order valence-corrected chi connectivity index (χ2v) is 10.1. The van der Waals surface area contributed by atoms with E-state index in [0.29, 0.717) is 23.4 Å². The minimum Gasteiger partial charge on any atom is -0.411 e. The number of sulfonamides is 1. The first-order valence-electron chi connectivity index (χ1n) is 10.4. The molecular weight excluding hydrogens is 414 g/mol. The summed E-state index contributed by atoms with van der Waals surface area (Å²) >= 11 is 0. The smallest absolute Gasteiger partial charge is 0.333 e. The number of fused-ring (bicyclic) bond motifs is 1. The van der Waals surface area contributed by atoms with Crippen LogP contribution in [0.15, 0.2) is 46.4 Å². The number of amides is 2. The maximum absolute atomic E-state index is 12.9. The van der Waals surface area contributed by atoms with Crippen molar-refractivity contribution in [2.24, 2.45) is 5.16 Å². The van der Waals surface area contributed by atoms with Gasteiger partial charge in [0.05, 0.1) is 10.6 Å². The van der Waals surface area contributed by atoms with Crippen LogP contribution in [-0.2, 0) is 16.4 Å². The summed E-state index contributed by atoms with van der Waals surface area (Å²) in [6, 6.07) is 9.62. The van der Waals surface area contributed by atoms with Gasteiger partial charge in [0.2, 0.25) is 0 Å². The van der Waals surface area contributed by atoms with E-state index in [0.717, 1.165) is 29.5 Å². The number of oxime groups is 1. The van der Waals surface area contributed by atoms with Gasteiger partial charge in [0.15, 0.2) is 0 Å². The molecule has 0 aliphatic heterocycles. The van der Waals surface area contributed by atoms with Gasteiger partial charge in [0, 0.05) is 11.3 Å². The molecule has 0 saturated carbocycles. The van der Waals surface area contributed by atoms with E-state index in [-0.39, 0.29) is 16.7 Å². The van der Waals surface area contributed by atoms with E-state index in [9.17, 15) is 18.4 Å². The molecule has 0 spiro atoms. The molecule has 0 saturated heterocycles. The highest BCUT2D eigenvalue weighted by molar-refractivity contribution is 7.90. The Kier molecular flexibility index (Phi) is 6.69. The minimum atomic E-state index is -4.11. The Bertz CT molecular complexity index is 1100. The highest BCUT2D eigenvalue weighted by Gasteiger charge is 2.24. The number of hydrogen-bond donors (Lipinski definition) is 3. The van der Waals surface area contributed by atoms with E-state index < -0.39 is 16.1 Å². The zero-order valence-electron chi connectivity index (χ0n) is 18.3. The van der Waals surface area contributed by atoms with Crippen LogP contribution >= 0.6 is 0 Å². The molecule has 31 heavy (non-hydrogen) atoms. The maximum atomic E-state index is 12.9. The highest BCUT2D eigenvalue weighted by atomic mass is 32.2. The monoisotopic (exact) mass is 443 g/mol. The molecule has 0 heterocycles. The van der Waals surface area contributed by atoms with Crippen molar-refractivity contribution in [3.05, 3.63) is 58.7 Å². The molecule has 3 rings (SSSR count). The first-order valence-corrected chi connectivity index (χ1v) is 11.9. The second kappa shape index (κ2) is 9.09. The summed E-state index contributed by atoms with van der Waals surface area (Å²) in [5.74, 6) is 0.310. The second-order valence-electron chi connectivity index (χ2n) is 8.40. The molecule has 8 heteroatoms. The number of carbonyl (C=O) groups excluding carboxylic acids is 1. The average Bonchev–Trinajstić information content (AvgIpc) is 2.72. The lowest BCUT2D eigenvalue weighted by atomic mass is 9.90. The molecule has 2 aromatic carbocycles. The van der Waals surface area contributed by atoms with Gasteiger partial charge < -0.3 is 10.5 Å². The van der Waals surface area contributed by atoms with Crippen molar-refractivity contribution in [1.82, 2.24) is 4.72 Å². The van der Waals surface area contributed by atoms with Gasteiger partial charge in [0.1, 0.15) is 0 Å². The normalized spacial score (nSPS) is 15.2. The molecule has 1 aliphatic carbocycles. The molecule has 1 aliphatic rings. The Balaban J connectivity index is 1.88. The molecule has 7 nitrogen and oxygen atoms in total. The van der Waals surface area contributed by atoms with Gasteiger partial charge in [-0.25, -0.2) is 17.9 Å². The van der Waals surface area contributed by atoms with E-state index in [1.54, 1.807) is 6.07 Å². The fourth-order valence-electron chi connectivity index (χ4n) is 3.91. The van der Waals surface area contributed by atoms with Gasteiger partial charge in [0.25, 0.3) is 10.0 Å². The first-order chi connectivity index (χ1) is 14.6. The van der Waals surface area contributed by atoms with Gasteiger partial charge in [-0.15, -0.1) is 0 Å². The van der Waals surface area contributed by atoms with Crippen molar-refractivity contribution in [1.29, 1.82) is 0 Å². The molecule has 0 unspecified atom stereocenters. The summed E-state index contributed by atoms with van der Waals surface area (Å²) < 4.78 is 27.9. The average molecular weight is 444 g/mol. The number of urea groups is 1. The number of nitrogens with one attached hydrogen (secondary N) is 2. The Morgan fingerprint density at radius 3 is 2.26 bits per heavy atom. The van der Waals surface area contributed by atoms with Crippen molar-refractivity contribution >= 4 is 27.5 Å². The third kappa shape index (κ3) is 4.90. The van der Waals surface area contributed by atoms with E-state index in [2.05, 4.69) is 15.2 Å². The van der Waals surface area contributed by atoms with E-state index in [1.165, 1.54) is 12.1 Å². The quantitative estimate of drug-likeness (QED) is 0.448. The number of hydrogen-bond acceptors (Lipinski definition) is 5.